The minimum atomic E-state index is -1.78. The summed E-state index contributed by atoms with van der Waals surface area (Å²) in [5.41, 5.74) is -1.51. The third kappa shape index (κ3) is 4.40. The molecule has 0 bridgehead atoms. The number of rotatable bonds is 3. The van der Waals surface area contributed by atoms with E-state index in [9.17, 15) is 19.6 Å². The molecule has 0 aliphatic carbocycles. The normalized spacial score (nSPS) is 21.7. The second-order valence-corrected chi connectivity index (χ2v) is 8.62. The highest BCUT2D eigenvalue weighted by Gasteiger charge is 2.54. The van der Waals surface area contributed by atoms with Crippen LogP contribution in [-0.4, -0.2) is 88.3 Å². The first kappa shape index (κ1) is 22.7. The third-order valence-corrected chi connectivity index (χ3v) is 5.12. The van der Waals surface area contributed by atoms with Crippen LogP contribution in [0.5, 0.6) is 0 Å². The lowest BCUT2D eigenvalue weighted by molar-refractivity contribution is -0.161. The van der Waals surface area contributed by atoms with E-state index in [1.165, 1.54) is 14.0 Å². The summed E-state index contributed by atoms with van der Waals surface area (Å²) in [7, 11) is 1.44. The van der Waals surface area contributed by atoms with Crippen LogP contribution in [0.1, 0.15) is 43.6 Å². The average molecular weight is 432 g/mol. The second-order valence-electron chi connectivity index (χ2n) is 8.62. The summed E-state index contributed by atoms with van der Waals surface area (Å²) in [6.45, 7) is 8.43. The molecule has 1 fully saturated rings. The van der Waals surface area contributed by atoms with Gasteiger partial charge in [-0.1, -0.05) is 12.1 Å². The van der Waals surface area contributed by atoms with Crippen molar-refractivity contribution in [2.75, 3.05) is 33.4 Å². The Kier molecular flexibility index (Phi) is 6.06. The van der Waals surface area contributed by atoms with Gasteiger partial charge in [0.05, 0.1) is 13.2 Å². The van der Waals surface area contributed by atoms with Gasteiger partial charge in [-0.15, -0.1) is 0 Å². The molecule has 3 amide bonds. The SMILES string of the molecule is CN1N=C(c2ccc(C(=O)N3CCOCC3)cc2)C(C)(N(O)C(=O)OC(C)(C)C)C1=O. The number of morpholine rings is 1. The summed E-state index contributed by atoms with van der Waals surface area (Å²) in [4.78, 5) is 39.7. The van der Waals surface area contributed by atoms with Gasteiger partial charge in [-0.25, -0.2) is 9.80 Å². The highest BCUT2D eigenvalue weighted by atomic mass is 16.6. The number of carbonyl (C=O) groups is 3. The fourth-order valence-electron chi connectivity index (χ4n) is 3.45. The Morgan fingerprint density at radius 3 is 2.32 bits per heavy atom. The van der Waals surface area contributed by atoms with Gasteiger partial charge in [0.15, 0.2) is 5.54 Å². The Balaban J connectivity index is 1.87. The van der Waals surface area contributed by atoms with E-state index in [4.69, 9.17) is 9.47 Å². The minimum absolute atomic E-state index is 0.114. The van der Waals surface area contributed by atoms with Gasteiger partial charge < -0.3 is 14.4 Å². The smallest absolute Gasteiger partial charge is 0.435 e. The summed E-state index contributed by atoms with van der Waals surface area (Å²) in [6, 6.07) is 6.54. The maximum atomic E-state index is 12.8. The van der Waals surface area contributed by atoms with Crippen molar-refractivity contribution in [2.45, 2.75) is 38.8 Å². The molecule has 3 rings (SSSR count). The summed E-state index contributed by atoms with van der Waals surface area (Å²) >= 11 is 0. The van der Waals surface area contributed by atoms with Crippen LogP contribution in [0.2, 0.25) is 0 Å². The molecule has 1 N–H and O–H groups in total. The second kappa shape index (κ2) is 8.27. The molecule has 1 saturated heterocycles. The number of hydrazone groups is 1. The van der Waals surface area contributed by atoms with Crippen LogP contribution in [0.3, 0.4) is 0 Å². The lowest BCUT2D eigenvalue weighted by Crippen LogP contribution is -2.59. The summed E-state index contributed by atoms with van der Waals surface area (Å²) in [5.74, 6) is -0.707. The zero-order valence-electron chi connectivity index (χ0n) is 18.4. The van der Waals surface area contributed by atoms with E-state index >= 15 is 0 Å². The van der Waals surface area contributed by atoms with E-state index in [1.807, 2.05) is 0 Å². The van der Waals surface area contributed by atoms with Gasteiger partial charge in [0.2, 0.25) is 0 Å². The number of carbonyl (C=O) groups excluding carboxylic acids is 3. The highest BCUT2D eigenvalue weighted by Crippen LogP contribution is 2.30. The monoisotopic (exact) mass is 432 g/mol. The van der Waals surface area contributed by atoms with Crippen LogP contribution in [-0.2, 0) is 14.3 Å². The van der Waals surface area contributed by atoms with Crippen molar-refractivity contribution in [1.82, 2.24) is 15.0 Å². The van der Waals surface area contributed by atoms with Crippen LogP contribution in [0.25, 0.3) is 0 Å². The molecular formula is C21H28N4O6. The molecule has 0 spiro atoms. The van der Waals surface area contributed by atoms with Crippen molar-refractivity contribution >= 4 is 23.6 Å². The standard InChI is InChI=1S/C21H28N4O6/c1-20(2,3)31-19(28)25(29)21(4)16(22-23(5)18(21)27)14-6-8-15(9-7-14)17(26)24-10-12-30-13-11-24/h6-9,29H,10-13H2,1-5H3. The van der Waals surface area contributed by atoms with Gasteiger partial charge in [-0.2, -0.15) is 10.2 Å². The number of benzene rings is 1. The third-order valence-electron chi connectivity index (χ3n) is 5.12. The number of nitrogens with zero attached hydrogens (tertiary/aromatic N) is 4. The van der Waals surface area contributed by atoms with Crippen molar-refractivity contribution < 1.29 is 29.1 Å². The number of hydrogen-bond donors (Lipinski definition) is 1. The van der Waals surface area contributed by atoms with Crippen LogP contribution in [0.15, 0.2) is 29.4 Å². The molecule has 0 saturated carbocycles. The minimum Gasteiger partial charge on any atom is -0.442 e. The van der Waals surface area contributed by atoms with E-state index < -0.39 is 23.1 Å². The predicted octanol–water partition coefficient (Wildman–Crippen LogP) is 1.72. The van der Waals surface area contributed by atoms with Crippen LogP contribution < -0.4 is 0 Å². The first-order chi connectivity index (χ1) is 14.4. The summed E-state index contributed by atoms with van der Waals surface area (Å²) in [5, 5.41) is 16.2. The molecule has 10 nitrogen and oxygen atoms in total. The van der Waals surface area contributed by atoms with E-state index in [-0.39, 0.29) is 16.7 Å². The van der Waals surface area contributed by atoms with Crippen molar-refractivity contribution in [1.29, 1.82) is 0 Å². The molecular weight excluding hydrogens is 404 g/mol. The number of ether oxygens (including phenoxy) is 2. The van der Waals surface area contributed by atoms with E-state index in [0.717, 1.165) is 5.01 Å². The van der Waals surface area contributed by atoms with Crippen LogP contribution in [0.4, 0.5) is 4.79 Å². The number of amides is 3. The van der Waals surface area contributed by atoms with Gasteiger partial charge in [-0.3, -0.25) is 14.8 Å². The first-order valence-electron chi connectivity index (χ1n) is 10.0. The van der Waals surface area contributed by atoms with E-state index in [1.54, 1.807) is 49.9 Å². The molecule has 2 aliphatic rings. The molecule has 2 heterocycles. The van der Waals surface area contributed by atoms with Crippen molar-refractivity contribution in [3.63, 3.8) is 0 Å². The zero-order chi connectivity index (χ0) is 23.0. The first-order valence-corrected chi connectivity index (χ1v) is 10.0. The fourth-order valence-corrected chi connectivity index (χ4v) is 3.45. The molecule has 1 aromatic carbocycles. The number of likely N-dealkylation sites (N-methyl/N-ethyl adjacent to an activating group) is 1. The molecule has 0 radical (unpaired) electrons. The van der Waals surface area contributed by atoms with Crippen molar-refractivity contribution in [3.8, 4) is 0 Å². The van der Waals surface area contributed by atoms with Gasteiger partial charge >= 0.3 is 6.09 Å². The quantitative estimate of drug-likeness (QED) is 0.575. The number of hydroxylamine groups is 2. The summed E-state index contributed by atoms with van der Waals surface area (Å²) < 4.78 is 10.5. The van der Waals surface area contributed by atoms with Gasteiger partial charge in [0.1, 0.15) is 11.3 Å². The summed E-state index contributed by atoms with van der Waals surface area (Å²) in [6.07, 6.45) is -1.06. The Morgan fingerprint density at radius 1 is 1.19 bits per heavy atom. The van der Waals surface area contributed by atoms with Gasteiger partial charge in [0, 0.05) is 31.3 Å². The van der Waals surface area contributed by atoms with Crippen molar-refractivity contribution in [2.24, 2.45) is 5.10 Å². The predicted molar refractivity (Wildman–Crippen MR) is 111 cm³/mol. The average Bonchev–Trinajstić information content (AvgIpc) is 2.97. The Labute approximate surface area is 180 Å². The maximum absolute atomic E-state index is 12.8. The molecule has 0 aromatic heterocycles. The molecule has 10 heteroatoms. The Hall–Kier alpha value is -2.98. The highest BCUT2D eigenvalue weighted by molar-refractivity contribution is 6.24. The van der Waals surface area contributed by atoms with Gasteiger partial charge in [0.25, 0.3) is 11.8 Å². The van der Waals surface area contributed by atoms with E-state index in [2.05, 4.69) is 5.10 Å². The number of hydrogen-bond acceptors (Lipinski definition) is 7. The van der Waals surface area contributed by atoms with Crippen LogP contribution in [0, 0.1) is 0 Å². The molecule has 168 valence electrons. The lowest BCUT2D eigenvalue weighted by atomic mass is 9.89. The fraction of sp³-hybridized carbons (Fsp3) is 0.524. The van der Waals surface area contributed by atoms with Gasteiger partial charge in [-0.05, 0) is 39.8 Å². The van der Waals surface area contributed by atoms with Crippen molar-refractivity contribution in [3.05, 3.63) is 35.4 Å². The van der Waals surface area contributed by atoms with Crippen LogP contribution >= 0.6 is 0 Å². The van der Waals surface area contributed by atoms with E-state index in [0.29, 0.717) is 37.4 Å². The molecule has 2 aliphatic heterocycles. The Morgan fingerprint density at radius 2 is 1.77 bits per heavy atom. The largest absolute Gasteiger partial charge is 0.442 e. The zero-order valence-corrected chi connectivity index (χ0v) is 18.4. The topological polar surface area (TPSA) is 112 Å². The molecule has 31 heavy (non-hydrogen) atoms. The lowest BCUT2D eigenvalue weighted by Gasteiger charge is -2.33. The Bertz CT molecular complexity index is 901. The molecule has 1 atom stereocenters. The maximum Gasteiger partial charge on any atom is 0.435 e. The molecule has 1 aromatic rings. The molecule has 1 unspecified atom stereocenters.